The molecule has 1 aliphatic heterocycles. The number of fused-ring (bicyclic) bond motifs is 1. The van der Waals surface area contributed by atoms with E-state index in [2.05, 4.69) is 46.5 Å². The molecule has 0 radical (unpaired) electrons. The number of hydrogen-bond acceptors (Lipinski definition) is 5. The Balaban J connectivity index is 1.39. The standard InChI is InChI=1S/C18H23N5O/c1-2-23-12-13(9-21-23)8-19-10-15-11-20-22-18(15)17-7-14-5-3-4-6-16(14)24-17/h3-7,9,12,15,18-20,22H,2,8,10-11H2,1H3. The van der Waals surface area contributed by atoms with E-state index >= 15 is 0 Å². The number of aryl methyl sites for hydroxylation is 1. The molecular weight excluding hydrogens is 302 g/mol. The first-order chi connectivity index (χ1) is 11.8. The number of aromatic nitrogens is 2. The smallest absolute Gasteiger partial charge is 0.134 e. The van der Waals surface area contributed by atoms with Crippen molar-refractivity contribution in [2.45, 2.75) is 26.1 Å². The van der Waals surface area contributed by atoms with Gasteiger partial charge in [-0.2, -0.15) is 5.10 Å². The monoisotopic (exact) mass is 325 g/mol. The number of hydrazine groups is 1. The lowest BCUT2D eigenvalue weighted by Crippen LogP contribution is -2.28. The van der Waals surface area contributed by atoms with Gasteiger partial charge in [0, 0.05) is 49.2 Å². The molecule has 3 aromatic rings. The van der Waals surface area contributed by atoms with Crippen LogP contribution in [0.4, 0.5) is 0 Å². The second kappa shape index (κ2) is 6.76. The Morgan fingerprint density at radius 1 is 1.38 bits per heavy atom. The third-order valence-electron chi connectivity index (χ3n) is 4.59. The lowest BCUT2D eigenvalue weighted by atomic mass is 9.99. The van der Waals surface area contributed by atoms with E-state index in [1.54, 1.807) is 0 Å². The van der Waals surface area contributed by atoms with Gasteiger partial charge in [0.2, 0.25) is 0 Å². The van der Waals surface area contributed by atoms with Crippen LogP contribution in [0.3, 0.4) is 0 Å². The van der Waals surface area contributed by atoms with Gasteiger partial charge in [-0.25, -0.2) is 5.43 Å². The Labute approximate surface area is 141 Å². The molecular formula is C18H23N5O. The van der Waals surface area contributed by atoms with Crippen molar-refractivity contribution in [2.24, 2.45) is 5.92 Å². The Bertz CT molecular complexity index is 775. The molecule has 6 heteroatoms. The summed E-state index contributed by atoms with van der Waals surface area (Å²) in [4.78, 5) is 0. The molecule has 3 heterocycles. The fraction of sp³-hybridized carbons (Fsp3) is 0.389. The van der Waals surface area contributed by atoms with E-state index in [1.165, 1.54) is 5.56 Å². The van der Waals surface area contributed by atoms with E-state index in [1.807, 2.05) is 29.1 Å². The summed E-state index contributed by atoms with van der Waals surface area (Å²) in [5.41, 5.74) is 8.77. The van der Waals surface area contributed by atoms with Crippen LogP contribution in [-0.4, -0.2) is 22.9 Å². The molecule has 0 aliphatic carbocycles. The molecule has 24 heavy (non-hydrogen) atoms. The van der Waals surface area contributed by atoms with Gasteiger partial charge in [-0.3, -0.25) is 10.1 Å². The van der Waals surface area contributed by atoms with Gasteiger partial charge in [-0.1, -0.05) is 18.2 Å². The molecule has 1 aliphatic rings. The minimum absolute atomic E-state index is 0.184. The number of nitrogens with zero attached hydrogens (tertiary/aromatic N) is 2. The third kappa shape index (κ3) is 3.08. The molecule has 1 aromatic carbocycles. The van der Waals surface area contributed by atoms with Crippen LogP contribution >= 0.6 is 0 Å². The zero-order chi connectivity index (χ0) is 16.4. The first-order valence-electron chi connectivity index (χ1n) is 8.52. The number of nitrogens with one attached hydrogen (secondary N) is 3. The van der Waals surface area contributed by atoms with Crippen molar-refractivity contribution in [3.63, 3.8) is 0 Å². The van der Waals surface area contributed by atoms with Gasteiger partial charge in [0.1, 0.15) is 11.3 Å². The van der Waals surface area contributed by atoms with Gasteiger partial charge in [-0.05, 0) is 19.1 Å². The normalized spacial score (nSPS) is 20.9. The molecule has 1 fully saturated rings. The molecule has 0 saturated carbocycles. The Kier molecular flexibility index (Phi) is 4.34. The summed E-state index contributed by atoms with van der Waals surface area (Å²) in [7, 11) is 0. The fourth-order valence-electron chi connectivity index (χ4n) is 3.26. The highest BCUT2D eigenvalue weighted by molar-refractivity contribution is 5.77. The van der Waals surface area contributed by atoms with E-state index in [9.17, 15) is 0 Å². The number of furan rings is 1. The molecule has 1 saturated heterocycles. The second-order valence-corrected chi connectivity index (χ2v) is 6.28. The van der Waals surface area contributed by atoms with E-state index in [0.717, 1.165) is 42.9 Å². The van der Waals surface area contributed by atoms with Gasteiger partial charge < -0.3 is 9.73 Å². The van der Waals surface area contributed by atoms with E-state index in [-0.39, 0.29) is 6.04 Å². The van der Waals surface area contributed by atoms with Crippen LogP contribution in [0.25, 0.3) is 11.0 Å². The molecule has 0 spiro atoms. The van der Waals surface area contributed by atoms with Crippen molar-refractivity contribution in [3.8, 4) is 0 Å². The Morgan fingerprint density at radius 3 is 3.12 bits per heavy atom. The topological polar surface area (TPSA) is 67.1 Å². The van der Waals surface area contributed by atoms with Crippen molar-refractivity contribution in [1.29, 1.82) is 0 Å². The summed E-state index contributed by atoms with van der Waals surface area (Å²) in [6.07, 6.45) is 4.02. The van der Waals surface area contributed by atoms with Gasteiger partial charge in [0.25, 0.3) is 0 Å². The number of para-hydroxylation sites is 1. The maximum Gasteiger partial charge on any atom is 0.134 e. The second-order valence-electron chi connectivity index (χ2n) is 6.28. The molecule has 2 unspecified atom stereocenters. The highest BCUT2D eigenvalue weighted by atomic mass is 16.3. The molecule has 3 N–H and O–H groups in total. The predicted molar refractivity (Wildman–Crippen MR) is 93.2 cm³/mol. The summed E-state index contributed by atoms with van der Waals surface area (Å²) >= 11 is 0. The zero-order valence-corrected chi connectivity index (χ0v) is 13.8. The van der Waals surface area contributed by atoms with Crippen molar-refractivity contribution < 1.29 is 4.42 Å². The molecule has 2 aromatic heterocycles. The summed E-state index contributed by atoms with van der Waals surface area (Å²) in [6.45, 7) is 5.67. The molecule has 6 nitrogen and oxygen atoms in total. The van der Waals surface area contributed by atoms with Crippen LogP contribution in [0, 0.1) is 5.92 Å². The van der Waals surface area contributed by atoms with Gasteiger partial charge in [0.15, 0.2) is 0 Å². The predicted octanol–water partition coefficient (Wildman–Crippen LogP) is 2.20. The Hall–Kier alpha value is -2.15. The fourth-order valence-corrected chi connectivity index (χ4v) is 3.26. The average Bonchev–Trinajstić information content (AvgIpc) is 3.33. The SMILES string of the molecule is CCn1cc(CNCC2CNNC2c2cc3ccccc3o2)cn1. The highest BCUT2D eigenvalue weighted by Crippen LogP contribution is 2.29. The van der Waals surface area contributed by atoms with Crippen molar-refractivity contribution in [1.82, 2.24) is 25.9 Å². The van der Waals surface area contributed by atoms with E-state index in [4.69, 9.17) is 4.42 Å². The number of rotatable bonds is 6. The van der Waals surface area contributed by atoms with Crippen LogP contribution in [0.5, 0.6) is 0 Å². The maximum absolute atomic E-state index is 6.02. The first-order valence-corrected chi connectivity index (χ1v) is 8.52. The minimum Gasteiger partial charge on any atom is -0.459 e. The summed E-state index contributed by atoms with van der Waals surface area (Å²) in [5.74, 6) is 1.43. The van der Waals surface area contributed by atoms with E-state index in [0.29, 0.717) is 5.92 Å². The summed E-state index contributed by atoms with van der Waals surface area (Å²) < 4.78 is 7.97. The molecule has 4 rings (SSSR count). The van der Waals surface area contributed by atoms with Crippen molar-refractivity contribution in [3.05, 3.63) is 54.0 Å². The molecule has 2 atom stereocenters. The lowest BCUT2D eigenvalue weighted by Gasteiger charge is -2.16. The number of benzene rings is 1. The third-order valence-corrected chi connectivity index (χ3v) is 4.59. The van der Waals surface area contributed by atoms with Crippen molar-refractivity contribution >= 4 is 11.0 Å². The van der Waals surface area contributed by atoms with E-state index < -0.39 is 0 Å². The number of hydrogen-bond donors (Lipinski definition) is 3. The summed E-state index contributed by atoms with van der Waals surface area (Å²) in [6, 6.07) is 10.5. The lowest BCUT2D eigenvalue weighted by molar-refractivity contribution is 0.378. The Morgan fingerprint density at radius 2 is 2.29 bits per heavy atom. The van der Waals surface area contributed by atoms with Gasteiger partial charge in [-0.15, -0.1) is 0 Å². The minimum atomic E-state index is 0.184. The molecule has 0 amide bonds. The van der Waals surface area contributed by atoms with Gasteiger partial charge >= 0.3 is 0 Å². The quantitative estimate of drug-likeness (QED) is 0.648. The highest BCUT2D eigenvalue weighted by Gasteiger charge is 2.30. The van der Waals surface area contributed by atoms with Crippen LogP contribution in [0.15, 0.2) is 47.1 Å². The zero-order valence-electron chi connectivity index (χ0n) is 13.8. The largest absolute Gasteiger partial charge is 0.459 e. The molecule has 0 bridgehead atoms. The van der Waals surface area contributed by atoms with Gasteiger partial charge in [0.05, 0.1) is 12.2 Å². The summed E-state index contributed by atoms with van der Waals surface area (Å²) in [5, 5.41) is 9.00. The first kappa shape index (κ1) is 15.4. The molecule has 126 valence electrons. The average molecular weight is 325 g/mol. The van der Waals surface area contributed by atoms with Crippen LogP contribution in [-0.2, 0) is 13.1 Å². The maximum atomic E-state index is 6.02. The van der Waals surface area contributed by atoms with Crippen LogP contribution < -0.4 is 16.2 Å². The van der Waals surface area contributed by atoms with Crippen LogP contribution in [0.1, 0.15) is 24.3 Å². The van der Waals surface area contributed by atoms with Crippen molar-refractivity contribution in [2.75, 3.05) is 13.1 Å². The van der Waals surface area contributed by atoms with Crippen LogP contribution in [0.2, 0.25) is 0 Å².